The van der Waals surface area contributed by atoms with Crippen molar-refractivity contribution in [2.75, 3.05) is 19.0 Å². The number of hydrogen-bond donors (Lipinski definition) is 1. The zero-order valence-electron chi connectivity index (χ0n) is 20.5. The molecule has 3 aromatic rings. The van der Waals surface area contributed by atoms with Crippen LogP contribution in [-0.4, -0.2) is 32.3 Å². The number of anilines is 1. The molecule has 0 aliphatic heterocycles. The highest BCUT2D eigenvalue weighted by atomic mass is 79.9. The third-order valence-corrected chi connectivity index (χ3v) is 8.02. The van der Waals surface area contributed by atoms with Gasteiger partial charge in [-0.05, 0) is 66.3 Å². The Bertz CT molecular complexity index is 1270. The summed E-state index contributed by atoms with van der Waals surface area (Å²) in [5.41, 5.74) is 4.28. The lowest BCUT2D eigenvalue weighted by molar-refractivity contribution is -0.116. The second-order valence-corrected chi connectivity index (χ2v) is 11.1. The number of ether oxygens (including phenoxy) is 1. The fraction of sp³-hybridized carbons (Fsp3) is 0.296. The second kappa shape index (κ2) is 11.8. The first kappa shape index (κ1) is 26.9. The van der Waals surface area contributed by atoms with Gasteiger partial charge in [-0.3, -0.25) is 4.79 Å². The van der Waals surface area contributed by atoms with Crippen molar-refractivity contribution in [3.05, 3.63) is 87.4 Å². The summed E-state index contributed by atoms with van der Waals surface area (Å²) in [6.45, 7) is 5.57. The van der Waals surface area contributed by atoms with Crippen LogP contribution in [0.3, 0.4) is 0 Å². The van der Waals surface area contributed by atoms with Crippen LogP contribution in [0.25, 0.3) is 0 Å². The summed E-state index contributed by atoms with van der Waals surface area (Å²) in [5, 5.41) is 2.99. The summed E-state index contributed by atoms with van der Waals surface area (Å²) in [6, 6.07) is 18.2. The maximum absolute atomic E-state index is 13.8. The van der Waals surface area contributed by atoms with Crippen molar-refractivity contribution in [3.63, 3.8) is 0 Å². The first-order chi connectivity index (χ1) is 16.7. The fourth-order valence-corrected chi connectivity index (χ4v) is 6.10. The van der Waals surface area contributed by atoms with Crippen LogP contribution in [0.5, 0.6) is 5.75 Å². The molecule has 0 atom stereocenters. The Balaban J connectivity index is 1.99. The van der Waals surface area contributed by atoms with E-state index in [-0.39, 0.29) is 23.7 Å². The zero-order valence-corrected chi connectivity index (χ0v) is 22.9. The topological polar surface area (TPSA) is 75.7 Å². The predicted octanol–water partition coefficient (Wildman–Crippen LogP) is 5.72. The number of amides is 1. The predicted molar refractivity (Wildman–Crippen MR) is 143 cm³/mol. The number of aryl methyl sites for hydroxylation is 3. The Kier molecular flexibility index (Phi) is 9.10. The number of carbonyl (C=O) groups excluding carboxylic acids is 1. The molecule has 0 unspecified atom stereocenters. The summed E-state index contributed by atoms with van der Waals surface area (Å²) in [7, 11) is -2.62. The van der Waals surface area contributed by atoms with Gasteiger partial charge in [0.1, 0.15) is 10.6 Å². The molecule has 0 fully saturated rings. The third kappa shape index (κ3) is 6.51. The minimum Gasteiger partial charge on any atom is -0.495 e. The van der Waals surface area contributed by atoms with Gasteiger partial charge in [-0.15, -0.1) is 0 Å². The van der Waals surface area contributed by atoms with Gasteiger partial charge >= 0.3 is 0 Å². The number of nitrogens with zero attached hydrogens (tertiary/aromatic N) is 1. The molecule has 0 aromatic heterocycles. The van der Waals surface area contributed by atoms with E-state index in [9.17, 15) is 13.2 Å². The third-order valence-electron chi connectivity index (χ3n) is 5.75. The monoisotopic (exact) mass is 558 g/mol. The quantitative estimate of drug-likeness (QED) is 0.345. The van der Waals surface area contributed by atoms with Crippen molar-refractivity contribution in [2.45, 2.75) is 45.1 Å². The van der Waals surface area contributed by atoms with E-state index in [4.69, 9.17) is 4.74 Å². The number of methoxy groups -OCH3 is 1. The van der Waals surface area contributed by atoms with Gasteiger partial charge in [0.25, 0.3) is 0 Å². The first-order valence-corrected chi connectivity index (χ1v) is 13.7. The van der Waals surface area contributed by atoms with Crippen molar-refractivity contribution < 1.29 is 17.9 Å². The summed E-state index contributed by atoms with van der Waals surface area (Å²) < 4.78 is 35.1. The summed E-state index contributed by atoms with van der Waals surface area (Å²) in [5.74, 6) is -0.161. The van der Waals surface area contributed by atoms with Gasteiger partial charge in [0.05, 0.1) is 13.7 Å². The Hall–Kier alpha value is -2.68. The van der Waals surface area contributed by atoms with E-state index in [0.717, 1.165) is 45.3 Å². The Morgan fingerprint density at radius 1 is 1.00 bits per heavy atom. The van der Waals surface area contributed by atoms with Gasteiger partial charge in [0.15, 0.2) is 0 Å². The molecule has 0 heterocycles. The van der Waals surface area contributed by atoms with Crippen LogP contribution in [-0.2, 0) is 34.2 Å². The highest BCUT2D eigenvalue weighted by molar-refractivity contribution is 9.10. The van der Waals surface area contributed by atoms with Crippen LogP contribution in [0, 0.1) is 6.92 Å². The number of halogens is 1. The van der Waals surface area contributed by atoms with Crippen molar-refractivity contribution in [3.8, 4) is 5.75 Å². The molecule has 0 aliphatic carbocycles. The molecule has 35 heavy (non-hydrogen) atoms. The van der Waals surface area contributed by atoms with Gasteiger partial charge in [-0.25, -0.2) is 8.42 Å². The minimum atomic E-state index is -4.05. The smallest absolute Gasteiger partial charge is 0.247 e. The van der Waals surface area contributed by atoms with Gasteiger partial charge in [-0.2, -0.15) is 4.31 Å². The van der Waals surface area contributed by atoms with E-state index in [1.807, 2.05) is 63.2 Å². The van der Waals surface area contributed by atoms with Crippen molar-refractivity contribution in [1.29, 1.82) is 0 Å². The zero-order chi connectivity index (χ0) is 25.6. The Labute approximate surface area is 216 Å². The first-order valence-electron chi connectivity index (χ1n) is 11.5. The van der Waals surface area contributed by atoms with Crippen molar-refractivity contribution in [2.24, 2.45) is 0 Å². The minimum absolute atomic E-state index is 0.0378. The largest absolute Gasteiger partial charge is 0.495 e. The highest BCUT2D eigenvalue weighted by Gasteiger charge is 2.30. The van der Waals surface area contributed by atoms with Gasteiger partial charge < -0.3 is 10.1 Å². The second-order valence-electron chi connectivity index (χ2n) is 8.27. The standard InChI is InChI=1S/C27H31BrN2O4S/c1-5-21-15-23(28)16-22(6-2)27(21)29-26(31)18-30(17-20-10-8-7-9-11-20)35(32,33)25-14-19(3)12-13-24(25)34-4/h7-16H,5-6,17-18H2,1-4H3,(H,29,31). The Morgan fingerprint density at radius 2 is 1.63 bits per heavy atom. The van der Waals surface area contributed by atoms with E-state index in [2.05, 4.69) is 21.2 Å². The molecule has 0 saturated carbocycles. The lowest BCUT2D eigenvalue weighted by Crippen LogP contribution is -2.38. The lowest BCUT2D eigenvalue weighted by atomic mass is 10.0. The molecule has 0 spiro atoms. The van der Waals surface area contributed by atoms with E-state index in [0.29, 0.717) is 0 Å². The number of sulfonamides is 1. The molecule has 0 saturated heterocycles. The summed E-state index contributed by atoms with van der Waals surface area (Å²) >= 11 is 3.53. The fourth-order valence-electron chi connectivity index (χ4n) is 3.92. The van der Waals surface area contributed by atoms with Crippen LogP contribution in [0.4, 0.5) is 5.69 Å². The van der Waals surface area contributed by atoms with Crippen molar-refractivity contribution >= 4 is 37.5 Å². The maximum Gasteiger partial charge on any atom is 0.247 e. The number of carbonyl (C=O) groups is 1. The van der Waals surface area contributed by atoms with Crippen LogP contribution in [0.2, 0.25) is 0 Å². The molecule has 3 aromatic carbocycles. The van der Waals surface area contributed by atoms with Gasteiger partial charge in [0, 0.05) is 16.7 Å². The maximum atomic E-state index is 13.8. The summed E-state index contributed by atoms with van der Waals surface area (Å²) in [4.78, 5) is 13.3. The molecule has 0 bridgehead atoms. The van der Waals surface area contributed by atoms with Crippen LogP contribution in [0.1, 0.15) is 36.1 Å². The SMILES string of the molecule is CCc1cc(Br)cc(CC)c1NC(=O)CN(Cc1ccccc1)S(=O)(=O)c1cc(C)ccc1OC. The van der Waals surface area contributed by atoms with E-state index in [1.54, 1.807) is 18.2 Å². The molecule has 186 valence electrons. The number of benzene rings is 3. The van der Waals surface area contributed by atoms with Gasteiger partial charge in [-0.1, -0.05) is 66.2 Å². The van der Waals surface area contributed by atoms with E-state index >= 15 is 0 Å². The van der Waals surface area contributed by atoms with Crippen LogP contribution < -0.4 is 10.1 Å². The van der Waals surface area contributed by atoms with E-state index < -0.39 is 15.9 Å². The molecule has 0 aliphatic rings. The van der Waals surface area contributed by atoms with Crippen molar-refractivity contribution in [1.82, 2.24) is 4.31 Å². The molecule has 3 rings (SSSR count). The molecule has 0 radical (unpaired) electrons. The van der Waals surface area contributed by atoms with E-state index in [1.165, 1.54) is 11.4 Å². The highest BCUT2D eigenvalue weighted by Crippen LogP contribution is 2.30. The Morgan fingerprint density at radius 3 is 2.20 bits per heavy atom. The summed E-state index contributed by atoms with van der Waals surface area (Å²) in [6.07, 6.45) is 1.46. The molecular weight excluding hydrogens is 528 g/mol. The average Bonchev–Trinajstić information content (AvgIpc) is 2.84. The van der Waals surface area contributed by atoms with Gasteiger partial charge in [0.2, 0.25) is 15.9 Å². The molecule has 1 amide bonds. The molecular formula is C27H31BrN2O4S. The molecule has 6 nitrogen and oxygen atoms in total. The number of rotatable bonds is 10. The molecule has 1 N–H and O–H groups in total. The number of hydrogen-bond acceptors (Lipinski definition) is 4. The lowest BCUT2D eigenvalue weighted by Gasteiger charge is -2.24. The number of nitrogens with one attached hydrogen (secondary N) is 1. The van der Waals surface area contributed by atoms with Crippen LogP contribution in [0.15, 0.2) is 70.0 Å². The molecule has 8 heteroatoms. The normalized spacial score (nSPS) is 11.5. The average molecular weight is 560 g/mol. The van der Waals surface area contributed by atoms with Crippen LogP contribution >= 0.6 is 15.9 Å².